The van der Waals surface area contributed by atoms with Gasteiger partial charge in [0.15, 0.2) is 5.96 Å². The Hall–Kier alpha value is -2.65. The number of nitrogens with one attached hydrogen (secondary N) is 3. The third-order valence-electron chi connectivity index (χ3n) is 3.68. The second kappa shape index (κ2) is 10.6. The van der Waals surface area contributed by atoms with Crippen molar-refractivity contribution < 1.29 is 17.5 Å². The highest BCUT2D eigenvalue weighted by molar-refractivity contribution is 7.89. The molecule has 1 atom stereocenters. The fourth-order valence-corrected chi connectivity index (χ4v) is 3.38. The Bertz CT molecular complexity index is 876. The average molecular weight is 408 g/mol. The first-order valence-electron chi connectivity index (χ1n) is 8.82. The Kier molecular flexibility index (Phi) is 8.21. The first-order valence-corrected chi connectivity index (χ1v) is 10.3. The van der Waals surface area contributed by atoms with Crippen LogP contribution in [0.25, 0.3) is 0 Å². The molecule has 7 nitrogen and oxygen atoms in total. The summed E-state index contributed by atoms with van der Waals surface area (Å²) in [5, 5.41) is 6.09. The molecule has 2 aromatic rings. The van der Waals surface area contributed by atoms with Crippen LogP contribution in [0.4, 0.5) is 4.39 Å². The van der Waals surface area contributed by atoms with E-state index in [1.165, 1.54) is 24.3 Å². The molecule has 0 radical (unpaired) electrons. The Morgan fingerprint density at radius 2 is 1.86 bits per heavy atom. The number of rotatable bonds is 9. The summed E-state index contributed by atoms with van der Waals surface area (Å²) < 4.78 is 45.6. The number of guanidine groups is 1. The van der Waals surface area contributed by atoms with Crippen LogP contribution < -0.4 is 20.1 Å². The highest BCUT2D eigenvalue weighted by Gasteiger charge is 2.12. The molecule has 0 aliphatic heterocycles. The van der Waals surface area contributed by atoms with Crippen molar-refractivity contribution in [3.63, 3.8) is 0 Å². The molecule has 28 heavy (non-hydrogen) atoms. The quantitative estimate of drug-likeness (QED) is 0.334. The van der Waals surface area contributed by atoms with Crippen molar-refractivity contribution in [2.45, 2.75) is 17.9 Å². The number of aliphatic imine (C=N–C) groups is 1. The van der Waals surface area contributed by atoms with Crippen LogP contribution in [0.1, 0.15) is 6.92 Å². The van der Waals surface area contributed by atoms with Crippen LogP contribution in [0.3, 0.4) is 0 Å². The van der Waals surface area contributed by atoms with E-state index >= 15 is 0 Å². The predicted molar refractivity (Wildman–Crippen MR) is 107 cm³/mol. The van der Waals surface area contributed by atoms with Gasteiger partial charge in [-0.25, -0.2) is 17.5 Å². The smallest absolute Gasteiger partial charge is 0.240 e. The third-order valence-corrected chi connectivity index (χ3v) is 5.15. The van der Waals surface area contributed by atoms with E-state index in [0.29, 0.717) is 24.8 Å². The van der Waals surface area contributed by atoms with Gasteiger partial charge in [-0.05, 0) is 31.2 Å². The largest absolute Gasteiger partial charge is 0.489 e. The molecule has 0 bridgehead atoms. The van der Waals surface area contributed by atoms with Gasteiger partial charge in [-0.1, -0.05) is 24.3 Å². The van der Waals surface area contributed by atoms with E-state index in [2.05, 4.69) is 20.3 Å². The van der Waals surface area contributed by atoms with Gasteiger partial charge in [0.25, 0.3) is 0 Å². The predicted octanol–water partition coefficient (Wildman–Crippen LogP) is 1.74. The molecule has 0 amide bonds. The molecule has 0 heterocycles. The number of ether oxygens (including phenoxy) is 1. The van der Waals surface area contributed by atoms with E-state index in [9.17, 15) is 12.8 Å². The number of hydrogen-bond acceptors (Lipinski definition) is 4. The number of hydrogen-bond donors (Lipinski definition) is 3. The van der Waals surface area contributed by atoms with E-state index < -0.39 is 10.0 Å². The second-order valence-corrected chi connectivity index (χ2v) is 7.74. The Balaban J connectivity index is 1.71. The Labute approximate surface area is 165 Å². The van der Waals surface area contributed by atoms with Gasteiger partial charge in [0.1, 0.15) is 17.7 Å². The monoisotopic (exact) mass is 408 g/mol. The molecule has 0 saturated heterocycles. The highest BCUT2D eigenvalue weighted by Crippen LogP contribution is 2.13. The summed E-state index contributed by atoms with van der Waals surface area (Å²) in [5.41, 5.74) is 0. The minimum absolute atomic E-state index is 0.202. The van der Waals surface area contributed by atoms with E-state index in [4.69, 9.17) is 4.74 Å². The normalized spacial score (nSPS) is 13.0. The minimum Gasteiger partial charge on any atom is -0.489 e. The SMILES string of the molecule is CN=C(NCCNS(=O)(=O)c1ccccc1)NCC(C)Oc1cccc(F)c1. The number of halogens is 1. The summed E-state index contributed by atoms with van der Waals surface area (Å²) in [4.78, 5) is 4.30. The lowest BCUT2D eigenvalue weighted by Crippen LogP contribution is -2.44. The summed E-state index contributed by atoms with van der Waals surface area (Å²) in [6, 6.07) is 14.1. The molecule has 2 rings (SSSR count). The molecule has 1 unspecified atom stereocenters. The van der Waals surface area contributed by atoms with Gasteiger partial charge < -0.3 is 15.4 Å². The zero-order chi connectivity index (χ0) is 20.4. The van der Waals surface area contributed by atoms with Gasteiger partial charge in [0.2, 0.25) is 10.0 Å². The van der Waals surface area contributed by atoms with Crippen molar-refractivity contribution in [3.05, 3.63) is 60.4 Å². The zero-order valence-electron chi connectivity index (χ0n) is 15.9. The van der Waals surface area contributed by atoms with E-state index in [1.807, 2.05) is 6.92 Å². The number of nitrogens with zero attached hydrogens (tertiary/aromatic N) is 1. The fraction of sp³-hybridized carbons (Fsp3) is 0.316. The van der Waals surface area contributed by atoms with Crippen LogP contribution in [0.15, 0.2) is 64.5 Å². The summed E-state index contributed by atoms with van der Waals surface area (Å²) >= 11 is 0. The van der Waals surface area contributed by atoms with Crippen molar-refractivity contribution in [1.82, 2.24) is 15.4 Å². The van der Waals surface area contributed by atoms with Crippen LogP contribution in [0, 0.1) is 5.82 Å². The lowest BCUT2D eigenvalue weighted by atomic mass is 10.3. The first kappa shape index (κ1) is 21.6. The molecule has 3 N–H and O–H groups in total. The summed E-state index contributed by atoms with van der Waals surface area (Å²) in [6.45, 7) is 2.84. The summed E-state index contributed by atoms with van der Waals surface area (Å²) in [6.07, 6.45) is -0.225. The van der Waals surface area contributed by atoms with Gasteiger partial charge in [-0.2, -0.15) is 0 Å². The van der Waals surface area contributed by atoms with Crippen LogP contribution in [-0.4, -0.2) is 47.2 Å². The van der Waals surface area contributed by atoms with Crippen LogP contribution in [0.5, 0.6) is 5.75 Å². The molecule has 0 aliphatic carbocycles. The van der Waals surface area contributed by atoms with Gasteiger partial charge >= 0.3 is 0 Å². The minimum atomic E-state index is -3.53. The van der Waals surface area contributed by atoms with Gasteiger partial charge in [0.05, 0.1) is 11.4 Å². The molecule has 2 aromatic carbocycles. The second-order valence-electron chi connectivity index (χ2n) is 5.98. The van der Waals surface area contributed by atoms with E-state index in [1.54, 1.807) is 37.4 Å². The van der Waals surface area contributed by atoms with Crippen LogP contribution in [-0.2, 0) is 10.0 Å². The van der Waals surface area contributed by atoms with Gasteiger partial charge in [-0.3, -0.25) is 4.99 Å². The lowest BCUT2D eigenvalue weighted by molar-refractivity contribution is 0.223. The van der Waals surface area contributed by atoms with Crippen LogP contribution >= 0.6 is 0 Å². The topological polar surface area (TPSA) is 91.8 Å². The molecular formula is C19H25FN4O3S. The van der Waals surface area contributed by atoms with Gasteiger partial charge in [-0.15, -0.1) is 0 Å². The van der Waals surface area contributed by atoms with Crippen molar-refractivity contribution in [2.75, 3.05) is 26.7 Å². The molecule has 0 saturated carbocycles. The first-order chi connectivity index (χ1) is 13.4. The molecule has 0 fully saturated rings. The van der Waals surface area contributed by atoms with Crippen LogP contribution in [0.2, 0.25) is 0 Å². The maximum atomic E-state index is 13.2. The standard InChI is InChI=1S/C19H25FN4O3S/c1-15(27-17-8-6-7-16(20)13-17)14-23-19(21-2)22-11-12-24-28(25,26)18-9-4-3-5-10-18/h3-10,13,15,24H,11-12,14H2,1-2H3,(H2,21,22,23). The molecule has 9 heteroatoms. The fourth-order valence-electron chi connectivity index (χ4n) is 2.32. The molecule has 0 aromatic heterocycles. The third kappa shape index (κ3) is 7.16. The maximum Gasteiger partial charge on any atom is 0.240 e. The average Bonchev–Trinajstić information content (AvgIpc) is 2.68. The highest BCUT2D eigenvalue weighted by atomic mass is 32.2. The summed E-state index contributed by atoms with van der Waals surface area (Å²) in [7, 11) is -1.92. The number of benzene rings is 2. The summed E-state index contributed by atoms with van der Waals surface area (Å²) in [5.74, 6) is 0.606. The van der Waals surface area contributed by atoms with Crippen molar-refractivity contribution in [1.29, 1.82) is 0 Å². The van der Waals surface area contributed by atoms with E-state index in [0.717, 1.165) is 0 Å². The Morgan fingerprint density at radius 1 is 1.11 bits per heavy atom. The number of sulfonamides is 1. The molecule has 0 spiro atoms. The molecular weight excluding hydrogens is 383 g/mol. The maximum absolute atomic E-state index is 13.2. The van der Waals surface area contributed by atoms with Crippen molar-refractivity contribution >= 4 is 16.0 Å². The van der Waals surface area contributed by atoms with E-state index in [-0.39, 0.29) is 23.4 Å². The van der Waals surface area contributed by atoms with Crippen molar-refractivity contribution in [2.24, 2.45) is 4.99 Å². The lowest BCUT2D eigenvalue weighted by Gasteiger charge is -2.18. The molecule has 0 aliphatic rings. The Morgan fingerprint density at radius 3 is 2.54 bits per heavy atom. The zero-order valence-corrected chi connectivity index (χ0v) is 16.7. The van der Waals surface area contributed by atoms with Crippen molar-refractivity contribution in [3.8, 4) is 5.75 Å². The molecule has 152 valence electrons. The van der Waals surface area contributed by atoms with Gasteiger partial charge in [0, 0.05) is 26.2 Å².